The van der Waals surface area contributed by atoms with E-state index in [1.54, 1.807) is 6.92 Å². The molecule has 130 valence electrons. The summed E-state index contributed by atoms with van der Waals surface area (Å²) in [6.45, 7) is 6.27. The molecule has 5 nitrogen and oxygen atoms in total. The summed E-state index contributed by atoms with van der Waals surface area (Å²) in [6, 6.07) is 6.65. The Labute approximate surface area is 151 Å². The number of benzene rings is 1. The van der Waals surface area contributed by atoms with Crippen LogP contribution in [0.2, 0.25) is 0 Å². The first-order chi connectivity index (χ1) is 11.5. The molecule has 0 spiro atoms. The van der Waals surface area contributed by atoms with E-state index in [9.17, 15) is 9.59 Å². The van der Waals surface area contributed by atoms with Crippen LogP contribution in [0.4, 0.5) is 4.79 Å². The molecule has 1 aliphatic heterocycles. The highest BCUT2D eigenvalue weighted by molar-refractivity contribution is 9.10. The summed E-state index contributed by atoms with van der Waals surface area (Å²) >= 11 is 3.49. The summed E-state index contributed by atoms with van der Waals surface area (Å²) in [5, 5.41) is 5.47. The van der Waals surface area contributed by atoms with Crippen LogP contribution in [0.15, 0.2) is 40.0 Å². The van der Waals surface area contributed by atoms with Crippen LogP contribution in [0.25, 0.3) is 0 Å². The molecule has 1 aliphatic rings. The Bertz CT molecular complexity index is 653. The molecular formula is C18H23BrN2O3. The highest BCUT2D eigenvalue weighted by atomic mass is 79.9. The summed E-state index contributed by atoms with van der Waals surface area (Å²) in [4.78, 5) is 24.5. The number of amides is 2. The average molecular weight is 395 g/mol. The fraction of sp³-hybridized carbons (Fsp3) is 0.444. The minimum Gasteiger partial charge on any atom is -0.462 e. The van der Waals surface area contributed by atoms with Gasteiger partial charge in [-0.15, -0.1) is 0 Å². The second kappa shape index (κ2) is 8.33. The number of ether oxygens (including phenoxy) is 1. The minimum atomic E-state index is -0.538. The van der Waals surface area contributed by atoms with Gasteiger partial charge in [0.1, 0.15) is 0 Å². The van der Waals surface area contributed by atoms with Gasteiger partial charge in [-0.2, -0.15) is 0 Å². The van der Waals surface area contributed by atoms with Crippen LogP contribution in [0.1, 0.15) is 45.2 Å². The van der Waals surface area contributed by atoms with Crippen molar-refractivity contribution in [1.82, 2.24) is 10.6 Å². The highest BCUT2D eigenvalue weighted by Crippen LogP contribution is 2.32. The Morgan fingerprint density at radius 3 is 2.58 bits per heavy atom. The first-order valence-corrected chi connectivity index (χ1v) is 8.97. The molecule has 1 heterocycles. The van der Waals surface area contributed by atoms with Gasteiger partial charge in [-0.05, 0) is 24.5 Å². The van der Waals surface area contributed by atoms with Gasteiger partial charge in [0.05, 0.1) is 18.2 Å². The summed E-state index contributed by atoms with van der Waals surface area (Å²) in [7, 11) is 0. The van der Waals surface area contributed by atoms with E-state index in [1.165, 1.54) is 0 Å². The summed E-state index contributed by atoms with van der Waals surface area (Å²) in [5.74, 6) is -0.0458. The fourth-order valence-corrected chi connectivity index (χ4v) is 3.22. The predicted molar refractivity (Wildman–Crippen MR) is 96.3 cm³/mol. The SMILES string of the molecule is CCC(CC)COC(=O)C1=C(C)NC(=O)N[C@@H]1c1ccccc1Br. The van der Waals surface area contributed by atoms with E-state index >= 15 is 0 Å². The van der Waals surface area contributed by atoms with Crippen molar-refractivity contribution in [3.05, 3.63) is 45.6 Å². The van der Waals surface area contributed by atoms with Crippen molar-refractivity contribution in [3.8, 4) is 0 Å². The van der Waals surface area contributed by atoms with Gasteiger partial charge in [-0.3, -0.25) is 0 Å². The Kier molecular flexibility index (Phi) is 6.43. The number of allylic oxidation sites excluding steroid dienone is 1. The second-order valence-corrected chi connectivity index (χ2v) is 6.73. The predicted octanol–water partition coefficient (Wildman–Crippen LogP) is 4.06. The zero-order valence-corrected chi connectivity index (χ0v) is 15.8. The third-order valence-electron chi connectivity index (χ3n) is 4.31. The van der Waals surface area contributed by atoms with Crippen molar-refractivity contribution < 1.29 is 14.3 Å². The van der Waals surface area contributed by atoms with Crippen molar-refractivity contribution in [2.24, 2.45) is 5.92 Å². The molecule has 0 radical (unpaired) electrons. The largest absolute Gasteiger partial charge is 0.462 e. The standard InChI is InChI=1S/C18H23BrN2O3/c1-4-12(5-2)10-24-17(22)15-11(3)20-18(23)21-16(15)13-8-6-7-9-14(13)19/h6-9,12,16H,4-5,10H2,1-3H3,(H2,20,21,23)/t16-/m1/s1. The maximum atomic E-state index is 12.7. The Morgan fingerprint density at radius 1 is 1.29 bits per heavy atom. The fourth-order valence-electron chi connectivity index (χ4n) is 2.70. The normalized spacial score (nSPS) is 17.5. The first kappa shape index (κ1) is 18.5. The number of carbonyl (C=O) groups is 2. The maximum absolute atomic E-state index is 12.7. The van der Waals surface area contributed by atoms with Gasteiger partial charge >= 0.3 is 12.0 Å². The minimum absolute atomic E-state index is 0.329. The van der Waals surface area contributed by atoms with E-state index in [-0.39, 0.29) is 6.03 Å². The first-order valence-electron chi connectivity index (χ1n) is 8.17. The van der Waals surface area contributed by atoms with Crippen LogP contribution < -0.4 is 10.6 Å². The van der Waals surface area contributed by atoms with Gasteiger partial charge < -0.3 is 15.4 Å². The number of halogens is 1. The number of nitrogens with one attached hydrogen (secondary N) is 2. The molecule has 2 rings (SSSR count). The van der Waals surface area contributed by atoms with E-state index in [4.69, 9.17) is 4.74 Å². The Balaban J connectivity index is 2.29. The van der Waals surface area contributed by atoms with Crippen LogP contribution >= 0.6 is 15.9 Å². The van der Waals surface area contributed by atoms with Crippen molar-refractivity contribution in [1.29, 1.82) is 0 Å². The Hall–Kier alpha value is -1.82. The van der Waals surface area contributed by atoms with Crippen LogP contribution in [0.5, 0.6) is 0 Å². The average Bonchev–Trinajstić information content (AvgIpc) is 2.55. The highest BCUT2D eigenvalue weighted by Gasteiger charge is 2.33. The number of urea groups is 1. The van der Waals surface area contributed by atoms with Crippen LogP contribution in [-0.2, 0) is 9.53 Å². The molecule has 0 fully saturated rings. The van der Waals surface area contributed by atoms with Crippen molar-refractivity contribution in [2.45, 2.75) is 39.7 Å². The molecule has 0 saturated heterocycles. The topological polar surface area (TPSA) is 67.4 Å². The molecule has 24 heavy (non-hydrogen) atoms. The monoisotopic (exact) mass is 394 g/mol. The molecule has 0 bridgehead atoms. The molecule has 0 aliphatic carbocycles. The molecule has 2 amide bonds. The lowest BCUT2D eigenvalue weighted by atomic mass is 9.95. The number of rotatable bonds is 6. The maximum Gasteiger partial charge on any atom is 0.338 e. The van der Waals surface area contributed by atoms with Crippen molar-refractivity contribution in [3.63, 3.8) is 0 Å². The van der Waals surface area contributed by atoms with E-state index in [0.29, 0.717) is 23.8 Å². The van der Waals surface area contributed by atoms with Gasteiger partial charge in [0, 0.05) is 10.2 Å². The summed E-state index contributed by atoms with van der Waals surface area (Å²) in [5.41, 5.74) is 1.78. The molecule has 1 atom stereocenters. The molecule has 1 aromatic rings. The third kappa shape index (κ3) is 4.17. The molecule has 6 heteroatoms. The zero-order chi connectivity index (χ0) is 17.7. The molecule has 0 unspecified atom stereocenters. The lowest BCUT2D eigenvalue weighted by Gasteiger charge is -2.29. The number of esters is 1. The van der Waals surface area contributed by atoms with Gasteiger partial charge in [-0.25, -0.2) is 9.59 Å². The van der Waals surface area contributed by atoms with Crippen molar-refractivity contribution in [2.75, 3.05) is 6.61 Å². The van der Waals surface area contributed by atoms with Crippen molar-refractivity contribution >= 4 is 27.9 Å². The van der Waals surface area contributed by atoms with Gasteiger partial charge in [-0.1, -0.05) is 60.8 Å². The van der Waals surface area contributed by atoms with E-state index < -0.39 is 12.0 Å². The van der Waals surface area contributed by atoms with Crippen LogP contribution in [0.3, 0.4) is 0 Å². The number of carbonyl (C=O) groups excluding carboxylic acids is 2. The smallest absolute Gasteiger partial charge is 0.338 e. The van der Waals surface area contributed by atoms with E-state index in [0.717, 1.165) is 22.9 Å². The molecule has 1 aromatic carbocycles. The Morgan fingerprint density at radius 2 is 1.96 bits per heavy atom. The molecule has 2 N–H and O–H groups in total. The van der Waals surface area contributed by atoms with Gasteiger partial charge in [0.2, 0.25) is 0 Å². The molecule has 0 aromatic heterocycles. The lowest BCUT2D eigenvalue weighted by Crippen LogP contribution is -2.45. The van der Waals surface area contributed by atoms with E-state index in [1.807, 2.05) is 24.3 Å². The van der Waals surface area contributed by atoms with Gasteiger partial charge in [0.15, 0.2) is 0 Å². The summed E-state index contributed by atoms with van der Waals surface area (Å²) in [6.07, 6.45) is 1.93. The van der Waals surface area contributed by atoms with E-state index in [2.05, 4.69) is 40.4 Å². The number of hydrogen-bond donors (Lipinski definition) is 2. The molecule has 0 saturated carbocycles. The zero-order valence-electron chi connectivity index (χ0n) is 14.2. The van der Waals surface area contributed by atoms with Crippen LogP contribution in [-0.4, -0.2) is 18.6 Å². The quantitative estimate of drug-likeness (QED) is 0.714. The summed E-state index contributed by atoms with van der Waals surface area (Å²) < 4.78 is 6.35. The van der Waals surface area contributed by atoms with Crippen LogP contribution in [0, 0.1) is 5.92 Å². The van der Waals surface area contributed by atoms with Gasteiger partial charge in [0.25, 0.3) is 0 Å². The number of hydrogen-bond acceptors (Lipinski definition) is 3. The lowest BCUT2D eigenvalue weighted by molar-refractivity contribution is -0.141. The second-order valence-electron chi connectivity index (χ2n) is 5.87. The third-order valence-corrected chi connectivity index (χ3v) is 5.03. The molecular weight excluding hydrogens is 372 g/mol.